The van der Waals surface area contributed by atoms with Crippen molar-refractivity contribution in [2.75, 3.05) is 11.5 Å². The maximum Gasteiger partial charge on any atom is 0.330 e. The largest absolute Gasteiger partial charge is 0.480 e. The van der Waals surface area contributed by atoms with Crippen LogP contribution in [0.3, 0.4) is 0 Å². The van der Waals surface area contributed by atoms with E-state index in [0.717, 1.165) is 12.2 Å². The molecule has 13 heteroatoms. The van der Waals surface area contributed by atoms with Crippen LogP contribution in [0.25, 0.3) is 0 Å². The maximum atomic E-state index is 11.9. The van der Waals surface area contributed by atoms with Gasteiger partial charge in [0.05, 0.1) is 4.92 Å². The number of nitrogens with zero attached hydrogens (tertiary/aromatic N) is 6. The van der Waals surface area contributed by atoms with Crippen molar-refractivity contribution in [3.63, 3.8) is 0 Å². The zero-order valence-electron chi connectivity index (χ0n) is 17.3. The molecular weight excluding hydrogens is 432 g/mol. The lowest BCUT2D eigenvalue weighted by atomic mass is 10.2. The van der Waals surface area contributed by atoms with Crippen molar-refractivity contribution in [2.24, 2.45) is 0 Å². The van der Waals surface area contributed by atoms with Gasteiger partial charge in [0.2, 0.25) is 11.1 Å². The minimum absolute atomic E-state index is 0.147. The quantitative estimate of drug-likeness (QED) is 0.177. The van der Waals surface area contributed by atoms with Crippen molar-refractivity contribution in [3.05, 3.63) is 33.9 Å². The molecule has 30 heavy (non-hydrogen) atoms. The Labute approximate surface area is 179 Å². The van der Waals surface area contributed by atoms with Gasteiger partial charge in [-0.15, -0.1) is 0 Å². The van der Waals surface area contributed by atoms with E-state index >= 15 is 0 Å². The number of hydrogen-bond donors (Lipinski definition) is 1. The van der Waals surface area contributed by atoms with E-state index in [1.807, 2.05) is 0 Å². The van der Waals surface area contributed by atoms with Gasteiger partial charge < -0.3 is 9.84 Å². The molecule has 11 nitrogen and oxygen atoms in total. The van der Waals surface area contributed by atoms with Crippen LogP contribution in [0.1, 0.15) is 13.3 Å². The van der Waals surface area contributed by atoms with E-state index in [1.54, 1.807) is 19.2 Å². The van der Waals surface area contributed by atoms with Crippen LogP contribution in [0.2, 0.25) is 31.0 Å². The number of carboxylic acids is 1. The molecule has 0 aliphatic carbocycles. The second kappa shape index (κ2) is 9.96. The van der Waals surface area contributed by atoms with E-state index < -0.39 is 30.7 Å². The lowest BCUT2D eigenvalue weighted by Gasteiger charge is -2.26. The number of hydrogen-bond acceptors (Lipinski definition) is 8. The second-order valence-corrected chi connectivity index (χ2v) is 13.8. The van der Waals surface area contributed by atoms with E-state index in [-0.39, 0.29) is 30.1 Å². The summed E-state index contributed by atoms with van der Waals surface area (Å²) in [5.41, 5.74) is -0.472. The number of carboxylic acid groups (broad SMARTS) is 1. The summed E-state index contributed by atoms with van der Waals surface area (Å²) in [5, 5.41) is 25.3. The summed E-state index contributed by atoms with van der Waals surface area (Å²) in [7, 11) is -1.23. The van der Waals surface area contributed by atoms with Crippen LogP contribution in [0.5, 0.6) is 0 Å². The molecule has 2 rings (SSSR count). The van der Waals surface area contributed by atoms with E-state index in [2.05, 4.69) is 34.7 Å². The number of aromatic nitrogens is 4. The van der Waals surface area contributed by atoms with E-state index in [4.69, 9.17) is 16.3 Å². The van der Waals surface area contributed by atoms with Gasteiger partial charge in [0.25, 0.3) is 0 Å². The Bertz CT molecular complexity index is 903. The molecule has 0 aliphatic rings. The highest BCUT2D eigenvalue weighted by molar-refractivity contribution is 6.76. The number of anilines is 2. The first kappa shape index (κ1) is 23.7. The van der Waals surface area contributed by atoms with Gasteiger partial charge in [-0.05, 0) is 24.1 Å². The first-order chi connectivity index (χ1) is 14.0. The lowest BCUT2D eigenvalue weighted by molar-refractivity contribution is -0.384. The van der Waals surface area contributed by atoms with Crippen LogP contribution >= 0.6 is 11.6 Å². The van der Waals surface area contributed by atoms with Crippen molar-refractivity contribution < 1.29 is 19.6 Å². The fourth-order valence-electron chi connectivity index (χ4n) is 2.62. The van der Waals surface area contributed by atoms with Crippen LogP contribution in [-0.2, 0) is 16.3 Å². The molecule has 1 unspecified atom stereocenters. The number of nitro groups is 1. The average Bonchev–Trinajstić information content (AvgIpc) is 3.10. The predicted molar refractivity (Wildman–Crippen MR) is 114 cm³/mol. The molecule has 1 N–H and O–H groups in total. The van der Waals surface area contributed by atoms with Crippen LogP contribution in [0, 0.1) is 10.1 Å². The summed E-state index contributed by atoms with van der Waals surface area (Å²) < 4.78 is 7.15. The van der Waals surface area contributed by atoms with Gasteiger partial charge >= 0.3 is 11.7 Å². The Morgan fingerprint density at radius 1 is 1.47 bits per heavy atom. The average molecular weight is 457 g/mol. The van der Waals surface area contributed by atoms with Crippen molar-refractivity contribution >= 4 is 43.0 Å². The van der Waals surface area contributed by atoms with Gasteiger partial charge in [0, 0.05) is 26.9 Å². The number of rotatable bonds is 11. The summed E-state index contributed by atoms with van der Waals surface area (Å²) in [6, 6.07) is 1.40. The van der Waals surface area contributed by atoms with Crippen LogP contribution in [0.4, 0.5) is 17.3 Å². The van der Waals surface area contributed by atoms with Crippen LogP contribution in [-0.4, -0.2) is 56.5 Å². The van der Waals surface area contributed by atoms with E-state index in [0.29, 0.717) is 6.61 Å². The molecule has 0 radical (unpaired) electrons. The zero-order chi connectivity index (χ0) is 22.5. The van der Waals surface area contributed by atoms with Gasteiger partial charge in [-0.2, -0.15) is 10.1 Å². The molecule has 0 spiro atoms. The number of carbonyl (C=O) groups is 1. The second-order valence-electron chi connectivity index (χ2n) is 7.80. The van der Waals surface area contributed by atoms with Gasteiger partial charge in [-0.3, -0.25) is 15.0 Å². The molecular formula is C17H25ClN6O5Si. The predicted octanol–water partition coefficient (Wildman–Crippen LogP) is 3.55. The minimum Gasteiger partial charge on any atom is -0.480 e. The summed E-state index contributed by atoms with van der Waals surface area (Å²) in [6.45, 7) is 9.16. The first-order valence-corrected chi connectivity index (χ1v) is 13.4. The molecule has 2 heterocycles. The standard InChI is InChI=1S/C17H25ClN6O5Si/c1-5-12(16(25)26)23(15-13(24(27)28)10-19-17(18)20-15)14-6-7-22(21-14)11-29-8-9-30(2,3)4/h6-7,10,12H,5,8-9,11H2,1-4H3,(H,25,26). The highest BCUT2D eigenvalue weighted by atomic mass is 35.5. The first-order valence-electron chi connectivity index (χ1n) is 9.33. The Morgan fingerprint density at radius 3 is 2.73 bits per heavy atom. The van der Waals surface area contributed by atoms with Gasteiger partial charge in [0.1, 0.15) is 19.0 Å². The van der Waals surface area contributed by atoms with Crippen molar-refractivity contribution in [3.8, 4) is 0 Å². The SMILES string of the molecule is CCC(C(=O)O)N(c1ccn(COCC[Si](C)(C)C)n1)c1nc(Cl)ncc1[N+](=O)[O-]. The number of aliphatic carboxylic acids is 1. The van der Waals surface area contributed by atoms with Crippen LogP contribution < -0.4 is 4.90 Å². The molecule has 0 bridgehead atoms. The normalized spacial score (nSPS) is 12.6. The molecule has 0 aliphatic heterocycles. The summed E-state index contributed by atoms with van der Waals surface area (Å²) in [6.07, 6.45) is 2.70. The molecule has 2 aromatic heterocycles. The Kier molecular flexibility index (Phi) is 7.87. The molecule has 1 atom stereocenters. The summed E-state index contributed by atoms with van der Waals surface area (Å²) in [5.74, 6) is -1.24. The van der Waals surface area contributed by atoms with E-state index in [9.17, 15) is 20.0 Å². The molecule has 0 saturated carbocycles. The fourth-order valence-corrected chi connectivity index (χ4v) is 3.51. The smallest absolute Gasteiger partial charge is 0.330 e. The monoisotopic (exact) mass is 456 g/mol. The topological polar surface area (TPSA) is 137 Å². The zero-order valence-corrected chi connectivity index (χ0v) is 19.0. The lowest BCUT2D eigenvalue weighted by Crippen LogP contribution is -2.38. The highest BCUT2D eigenvalue weighted by Gasteiger charge is 2.34. The molecule has 2 aromatic rings. The molecule has 0 fully saturated rings. The Balaban J connectivity index is 2.37. The van der Waals surface area contributed by atoms with E-state index in [1.165, 1.54) is 9.58 Å². The Hall–Kier alpha value is -2.57. The number of halogens is 1. The molecule has 0 aromatic carbocycles. The van der Waals surface area contributed by atoms with Crippen LogP contribution in [0.15, 0.2) is 18.5 Å². The third-order valence-electron chi connectivity index (χ3n) is 4.22. The fraction of sp³-hybridized carbons (Fsp3) is 0.529. The van der Waals surface area contributed by atoms with Gasteiger partial charge in [0.15, 0.2) is 5.82 Å². The molecule has 164 valence electrons. The van der Waals surface area contributed by atoms with Crippen molar-refractivity contribution in [1.82, 2.24) is 19.7 Å². The summed E-state index contributed by atoms with van der Waals surface area (Å²) in [4.78, 5) is 31.4. The van der Waals surface area contributed by atoms with Gasteiger partial charge in [-0.1, -0.05) is 26.6 Å². The highest BCUT2D eigenvalue weighted by Crippen LogP contribution is 2.34. The third kappa shape index (κ3) is 6.21. The summed E-state index contributed by atoms with van der Waals surface area (Å²) >= 11 is 5.85. The Morgan fingerprint density at radius 2 is 2.17 bits per heavy atom. The van der Waals surface area contributed by atoms with Crippen molar-refractivity contribution in [1.29, 1.82) is 0 Å². The maximum absolute atomic E-state index is 11.9. The minimum atomic E-state index is -1.23. The van der Waals surface area contributed by atoms with Gasteiger partial charge in [-0.25, -0.2) is 14.5 Å². The van der Waals surface area contributed by atoms with Crippen molar-refractivity contribution in [2.45, 2.75) is 51.8 Å². The molecule has 0 amide bonds. The number of ether oxygens (including phenoxy) is 1. The molecule has 0 saturated heterocycles. The third-order valence-corrected chi connectivity index (χ3v) is 6.11.